The molecule has 0 aliphatic carbocycles. The van der Waals surface area contributed by atoms with E-state index >= 15 is 0 Å². The third kappa shape index (κ3) is 5.47. The number of aliphatic hydroxyl groups is 2. The molecule has 2 heterocycles. The second-order valence-electron chi connectivity index (χ2n) is 8.37. The Kier molecular flexibility index (Phi) is 8.80. The molecule has 0 saturated carbocycles. The first-order valence-corrected chi connectivity index (χ1v) is 10.5. The van der Waals surface area contributed by atoms with Crippen molar-refractivity contribution in [3.63, 3.8) is 0 Å². The Balaban J connectivity index is 0.00000363. The molecule has 1 aliphatic rings. The lowest BCUT2D eigenvalue weighted by Crippen LogP contribution is -2.53. The summed E-state index contributed by atoms with van der Waals surface area (Å²) in [4.78, 5) is 27.0. The number of hydrogen-bond donors (Lipinski definition) is 4. The van der Waals surface area contributed by atoms with Gasteiger partial charge in [-0.15, -0.1) is 12.4 Å². The lowest BCUT2D eigenvalue weighted by atomic mass is 10.0. The van der Waals surface area contributed by atoms with Crippen molar-refractivity contribution >= 4 is 24.2 Å². The molecule has 32 heavy (non-hydrogen) atoms. The number of aliphatic hydroxyl groups excluding tert-OH is 2. The molecule has 1 aromatic heterocycles. The summed E-state index contributed by atoms with van der Waals surface area (Å²) in [6.45, 7) is 3.44. The van der Waals surface area contributed by atoms with Crippen molar-refractivity contribution in [1.82, 2.24) is 20.0 Å². The lowest BCUT2D eigenvalue weighted by molar-refractivity contribution is -0.140. The molecule has 4 atom stereocenters. The van der Waals surface area contributed by atoms with Crippen LogP contribution in [-0.4, -0.2) is 68.0 Å². The van der Waals surface area contributed by atoms with Gasteiger partial charge >= 0.3 is 0 Å². The molecule has 1 saturated heterocycles. The molecule has 2 amide bonds. The normalized spacial score (nSPS) is 20.0. The number of likely N-dealkylation sites (tertiary alicyclic amines) is 1. The molecule has 1 aromatic carbocycles. The molecule has 0 radical (unpaired) electrons. The van der Waals surface area contributed by atoms with Crippen LogP contribution in [0.4, 0.5) is 0 Å². The Bertz CT molecular complexity index is 917. The van der Waals surface area contributed by atoms with E-state index in [1.165, 1.54) is 4.90 Å². The van der Waals surface area contributed by atoms with E-state index in [9.17, 15) is 19.8 Å². The van der Waals surface area contributed by atoms with Crippen molar-refractivity contribution < 1.29 is 19.8 Å². The number of benzene rings is 1. The van der Waals surface area contributed by atoms with Crippen LogP contribution in [-0.2, 0) is 16.6 Å². The van der Waals surface area contributed by atoms with Gasteiger partial charge in [0.15, 0.2) is 0 Å². The van der Waals surface area contributed by atoms with E-state index < -0.39 is 30.1 Å². The van der Waals surface area contributed by atoms with Gasteiger partial charge in [-0.1, -0.05) is 38.1 Å². The van der Waals surface area contributed by atoms with Crippen LogP contribution in [0.25, 0.3) is 11.3 Å². The summed E-state index contributed by atoms with van der Waals surface area (Å²) in [5.41, 5.74) is 8.63. The maximum Gasteiger partial charge on any atom is 0.243 e. The standard InChI is InChI=1S/C22H31N5O4.ClH/c1-13(2)20(23)22(31)27-11-16(29)10-19(27)21(30)25-17(12-28)14-4-6-15(7-5-14)18-8-9-24-26(18)3;/h4-9,13,16-17,19-20,28-29H,10-12,23H2,1-3H3,(H,25,30);1H/t16-,17+,19+,20+;/m1./s1. The molecular weight excluding hydrogens is 434 g/mol. The van der Waals surface area contributed by atoms with Crippen molar-refractivity contribution in [3.05, 3.63) is 42.1 Å². The highest BCUT2D eigenvalue weighted by Gasteiger charge is 2.41. The van der Waals surface area contributed by atoms with Crippen molar-refractivity contribution in [2.24, 2.45) is 18.7 Å². The number of carbonyl (C=O) groups is 2. The fourth-order valence-electron chi connectivity index (χ4n) is 3.83. The number of nitrogens with two attached hydrogens (primary N) is 1. The Labute approximate surface area is 194 Å². The summed E-state index contributed by atoms with van der Waals surface area (Å²) >= 11 is 0. The zero-order valence-corrected chi connectivity index (χ0v) is 19.3. The summed E-state index contributed by atoms with van der Waals surface area (Å²) in [6.07, 6.45) is 1.07. The van der Waals surface area contributed by atoms with Crippen LogP contribution in [0, 0.1) is 5.92 Å². The van der Waals surface area contributed by atoms with Crippen molar-refractivity contribution in [2.45, 2.75) is 44.5 Å². The van der Waals surface area contributed by atoms with Gasteiger partial charge < -0.3 is 26.2 Å². The van der Waals surface area contributed by atoms with Gasteiger partial charge in [0.05, 0.1) is 30.5 Å². The number of β-amino-alcohol motifs (C(OH)–C–C–N with tert-alkyl or cyclic N) is 1. The van der Waals surface area contributed by atoms with E-state index in [0.29, 0.717) is 0 Å². The number of carbonyl (C=O) groups excluding carboxylic acids is 2. The topological polar surface area (TPSA) is 134 Å². The van der Waals surface area contributed by atoms with E-state index in [4.69, 9.17) is 5.73 Å². The predicted molar refractivity (Wildman–Crippen MR) is 123 cm³/mol. The number of aryl methyl sites for hydroxylation is 1. The number of nitrogens with zero attached hydrogens (tertiary/aromatic N) is 3. The first-order valence-electron chi connectivity index (χ1n) is 10.5. The number of amides is 2. The van der Waals surface area contributed by atoms with Gasteiger partial charge in [0.25, 0.3) is 0 Å². The van der Waals surface area contributed by atoms with Crippen LogP contribution in [0.3, 0.4) is 0 Å². The number of aromatic nitrogens is 2. The first kappa shape index (κ1) is 25.8. The molecule has 176 valence electrons. The minimum Gasteiger partial charge on any atom is -0.394 e. The maximum atomic E-state index is 13.0. The Morgan fingerprint density at radius 3 is 2.44 bits per heavy atom. The Hall–Kier alpha value is -2.46. The molecule has 5 N–H and O–H groups in total. The van der Waals surface area contributed by atoms with Gasteiger partial charge in [-0.2, -0.15) is 5.10 Å². The Morgan fingerprint density at radius 1 is 1.25 bits per heavy atom. The van der Waals surface area contributed by atoms with Crippen LogP contribution < -0.4 is 11.1 Å². The van der Waals surface area contributed by atoms with Crippen LogP contribution in [0.15, 0.2) is 36.5 Å². The van der Waals surface area contributed by atoms with Crippen LogP contribution in [0.5, 0.6) is 0 Å². The fourth-order valence-corrected chi connectivity index (χ4v) is 3.83. The third-order valence-corrected chi connectivity index (χ3v) is 5.80. The fraction of sp³-hybridized carbons (Fsp3) is 0.500. The minimum atomic E-state index is -0.824. The van der Waals surface area contributed by atoms with E-state index in [1.807, 2.05) is 51.2 Å². The summed E-state index contributed by atoms with van der Waals surface area (Å²) < 4.78 is 1.76. The molecule has 3 rings (SSSR count). The number of halogens is 1. The van der Waals surface area contributed by atoms with E-state index in [-0.39, 0.29) is 43.8 Å². The highest BCUT2D eigenvalue weighted by molar-refractivity contribution is 5.90. The van der Waals surface area contributed by atoms with Crippen LogP contribution in [0.2, 0.25) is 0 Å². The summed E-state index contributed by atoms with van der Waals surface area (Å²) in [6, 6.07) is 7.18. The van der Waals surface area contributed by atoms with Gasteiger partial charge in [-0.25, -0.2) is 0 Å². The summed E-state index contributed by atoms with van der Waals surface area (Å²) in [7, 11) is 1.86. The first-order chi connectivity index (χ1) is 14.7. The number of hydrogen-bond acceptors (Lipinski definition) is 6. The zero-order chi connectivity index (χ0) is 22.7. The maximum absolute atomic E-state index is 13.0. The molecule has 9 nitrogen and oxygen atoms in total. The van der Waals surface area contributed by atoms with E-state index in [0.717, 1.165) is 16.8 Å². The molecule has 0 spiro atoms. The van der Waals surface area contributed by atoms with E-state index in [2.05, 4.69) is 10.4 Å². The number of nitrogens with one attached hydrogen (secondary N) is 1. The van der Waals surface area contributed by atoms with Crippen molar-refractivity contribution in [2.75, 3.05) is 13.2 Å². The minimum absolute atomic E-state index is 0. The molecule has 2 aromatic rings. The third-order valence-electron chi connectivity index (χ3n) is 5.80. The smallest absolute Gasteiger partial charge is 0.243 e. The summed E-state index contributed by atoms with van der Waals surface area (Å²) in [5.74, 6) is -0.861. The lowest BCUT2D eigenvalue weighted by Gasteiger charge is -2.29. The monoisotopic (exact) mass is 465 g/mol. The second-order valence-corrected chi connectivity index (χ2v) is 8.37. The van der Waals surface area contributed by atoms with Gasteiger partial charge in [-0.3, -0.25) is 14.3 Å². The van der Waals surface area contributed by atoms with E-state index in [1.54, 1.807) is 10.9 Å². The van der Waals surface area contributed by atoms with Gasteiger partial charge in [0, 0.05) is 26.2 Å². The van der Waals surface area contributed by atoms with Crippen molar-refractivity contribution in [3.8, 4) is 11.3 Å². The highest BCUT2D eigenvalue weighted by atomic mass is 35.5. The van der Waals surface area contributed by atoms with Crippen LogP contribution >= 0.6 is 12.4 Å². The highest BCUT2D eigenvalue weighted by Crippen LogP contribution is 2.24. The molecule has 0 bridgehead atoms. The SMILES string of the molecule is CC(C)[C@H](N)C(=O)N1C[C@H](O)C[C@H]1C(=O)N[C@@H](CO)c1ccc(-c2ccnn2C)cc1.Cl. The van der Waals surface area contributed by atoms with Gasteiger partial charge in [0.2, 0.25) is 11.8 Å². The zero-order valence-electron chi connectivity index (χ0n) is 18.5. The molecule has 1 aliphatic heterocycles. The van der Waals surface area contributed by atoms with Crippen LogP contribution in [0.1, 0.15) is 31.9 Å². The average molecular weight is 466 g/mol. The molecular formula is C22H32ClN5O4. The van der Waals surface area contributed by atoms with Crippen molar-refractivity contribution in [1.29, 1.82) is 0 Å². The average Bonchev–Trinajstić information content (AvgIpc) is 3.36. The predicted octanol–water partition coefficient (Wildman–Crippen LogP) is 0.604. The van der Waals surface area contributed by atoms with Gasteiger partial charge in [0.1, 0.15) is 6.04 Å². The second kappa shape index (κ2) is 10.9. The number of rotatable bonds is 7. The molecule has 10 heteroatoms. The summed E-state index contributed by atoms with van der Waals surface area (Å²) in [5, 5.41) is 26.9. The Morgan fingerprint density at radius 2 is 1.91 bits per heavy atom. The quantitative estimate of drug-likeness (QED) is 0.473. The molecule has 1 fully saturated rings. The molecule has 0 unspecified atom stereocenters. The largest absolute Gasteiger partial charge is 0.394 e. The van der Waals surface area contributed by atoms with Gasteiger partial charge in [-0.05, 0) is 23.1 Å².